The van der Waals surface area contributed by atoms with Crippen LogP contribution in [0.4, 0.5) is 5.69 Å². The molecule has 2 atom stereocenters. The molecule has 0 bridgehead atoms. The number of amides is 1. The van der Waals surface area contributed by atoms with Crippen LogP contribution in [0.2, 0.25) is 0 Å². The standard InChI is InChI=1S/C22H28N4O3/c1-15-13-26(14-16(2)29-15)21(27)18-9-7-17(8-10-18)12-24-22(23)25-19-5-4-6-20(11-19)28-3/h4-11,15-16H,12-14H2,1-3H3,(H3,23,24,25). The van der Waals surface area contributed by atoms with Gasteiger partial charge in [-0.05, 0) is 43.7 Å². The number of guanidine groups is 1. The van der Waals surface area contributed by atoms with Crippen molar-refractivity contribution in [2.75, 3.05) is 25.5 Å². The van der Waals surface area contributed by atoms with Gasteiger partial charge in [-0.3, -0.25) is 4.79 Å². The van der Waals surface area contributed by atoms with Gasteiger partial charge in [0.05, 0.1) is 25.9 Å². The Kier molecular flexibility index (Phi) is 6.72. The lowest BCUT2D eigenvalue weighted by molar-refractivity contribution is -0.0586. The van der Waals surface area contributed by atoms with Gasteiger partial charge in [0.2, 0.25) is 0 Å². The Hall–Kier alpha value is -3.06. The number of nitrogens with zero attached hydrogens (tertiary/aromatic N) is 2. The van der Waals surface area contributed by atoms with Crippen molar-refractivity contribution in [3.63, 3.8) is 0 Å². The fraction of sp³-hybridized carbons (Fsp3) is 0.364. The van der Waals surface area contributed by atoms with Crippen LogP contribution in [0.3, 0.4) is 0 Å². The van der Waals surface area contributed by atoms with Gasteiger partial charge in [-0.15, -0.1) is 0 Å². The summed E-state index contributed by atoms with van der Waals surface area (Å²) in [6, 6.07) is 15.0. The Morgan fingerprint density at radius 3 is 2.55 bits per heavy atom. The highest BCUT2D eigenvalue weighted by atomic mass is 16.5. The van der Waals surface area contributed by atoms with Gasteiger partial charge >= 0.3 is 0 Å². The summed E-state index contributed by atoms with van der Waals surface area (Å²) < 4.78 is 10.9. The number of morpholine rings is 1. The first-order chi connectivity index (χ1) is 13.9. The summed E-state index contributed by atoms with van der Waals surface area (Å²) >= 11 is 0. The number of nitrogens with two attached hydrogens (primary N) is 1. The number of carbonyl (C=O) groups is 1. The Morgan fingerprint density at radius 2 is 1.90 bits per heavy atom. The van der Waals surface area contributed by atoms with Crippen molar-refractivity contribution in [3.05, 3.63) is 59.7 Å². The van der Waals surface area contributed by atoms with Gasteiger partial charge in [0.15, 0.2) is 5.96 Å². The molecular formula is C22H28N4O3. The average molecular weight is 396 g/mol. The molecule has 0 aliphatic carbocycles. The minimum atomic E-state index is 0.0289. The molecule has 3 N–H and O–H groups in total. The first-order valence-electron chi connectivity index (χ1n) is 9.69. The van der Waals surface area contributed by atoms with E-state index in [1.807, 2.05) is 67.3 Å². The van der Waals surface area contributed by atoms with Crippen LogP contribution in [0.15, 0.2) is 53.5 Å². The van der Waals surface area contributed by atoms with Gasteiger partial charge < -0.3 is 25.4 Å². The topological polar surface area (TPSA) is 89.2 Å². The number of carbonyl (C=O) groups excluding carboxylic acids is 1. The maximum Gasteiger partial charge on any atom is 0.254 e. The van der Waals surface area contributed by atoms with Crippen molar-refractivity contribution in [1.82, 2.24) is 4.90 Å². The molecule has 0 radical (unpaired) electrons. The van der Waals surface area contributed by atoms with Gasteiger partial charge in [-0.1, -0.05) is 18.2 Å². The van der Waals surface area contributed by atoms with E-state index in [4.69, 9.17) is 15.2 Å². The van der Waals surface area contributed by atoms with Gasteiger partial charge in [0.25, 0.3) is 5.91 Å². The average Bonchev–Trinajstić information content (AvgIpc) is 2.71. The zero-order valence-electron chi connectivity index (χ0n) is 17.1. The lowest BCUT2D eigenvalue weighted by atomic mass is 10.1. The third-order valence-electron chi connectivity index (χ3n) is 4.68. The van der Waals surface area contributed by atoms with E-state index in [-0.39, 0.29) is 18.1 Å². The Balaban J connectivity index is 1.58. The first kappa shape index (κ1) is 20.7. The molecule has 1 aliphatic heterocycles. The summed E-state index contributed by atoms with van der Waals surface area (Å²) in [4.78, 5) is 18.9. The molecule has 2 aromatic carbocycles. The SMILES string of the molecule is COc1cccc(NC(N)=NCc2ccc(C(=O)N3CC(C)OC(C)C3)cc2)c1. The van der Waals surface area contributed by atoms with E-state index in [0.717, 1.165) is 17.0 Å². The number of benzene rings is 2. The fourth-order valence-corrected chi connectivity index (χ4v) is 3.34. The quantitative estimate of drug-likeness (QED) is 0.599. The van der Waals surface area contributed by atoms with Crippen molar-refractivity contribution in [3.8, 4) is 5.75 Å². The number of methoxy groups -OCH3 is 1. The smallest absolute Gasteiger partial charge is 0.254 e. The second kappa shape index (κ2) is 9.43. The predicted molar refractivity (Wildman–Crippen MR) is 114 cm³/mol. The summed E-state index contributed by atoms with van der Waals surface area (Å²) in [5, 5.41) is 3.04. The number of hydrogen-bond acceptors (Lipinski definition) is 4. The van der Waals surface area contributed by atoms with Crippen molar-refractivity contribution in [2.45, 2.75) is 32.6 Å². The van der Waals surface area contributed by atoms with E-state index in [1.54, 1.807) is 7.11 Å². The molecule has 7 heteroatoms. The van der Waals surface area contributed by atoms with Crippen LogP contribution < -0.4 is 15.8 Å². The first-order valence-corrected chi connectivity index (χ1v) is 9.69. The van der Waals surface area contributed by atoms with Crippen LogP contribution in [0, 0.1) is 0 Å². The Labute approximate surface area is 171 Å². The van der Waals surface area contributed by atoms with E-state index >= 15 is 0 Å². The summed E-state index contributed by atoms with van der Waals surface area (Å²) in [6.45, 7) is 5.62. The molecule has 0 saturated carbocycles. The molecule has 7 nitrogen and oxygen atoms in total. The predicted octanol–water partition coefficient (Wildman–Crippen LogP) is 2.87. The molecule has 1 saturated heterocycles. The van der Waals surface area contributed by atoms with E-state index < -0.39 is 0 Å². The van der Waals surface area contributed by atoms with E-state index in [9.17, 15) is 4.79 Å². The molecule has 1 amide bonds. The normalized spacial score (nSPS) is 19.7. The summed E-state index contributed by atoms with van der Waals surface area (Å²) in [5.74, 6) is 1.09. The van der Waals surface area contributed by atoms with Crippen molar-refractivity contribution in [2.24, 2.45) is 10.7 Å². The monoisotopic (exact) mass is 396 g/mol. The van der Waals surface area contributed by atoms with Crippen LogP contribution in [-0.2, 0) is 11.3 Å². The number of rotatable bonds is 5. The van der Waals surface area contributed by atoms with Crippen molar-refractivity contribution in [1.29, 1.82) is 0 Å². The maximum atomic E-state index is 12.7. The van der Waals surface area contributed by atoms with E-state index in [1.165, 1.54) is 0 Å². The zero-order chi connectivity index (χ0) is 20.8. The Bertz CT molecular complexity index is 857. The highest BCUT2D eigenvalue weighted by Crippen LogP contribution is 2.17. The van der Waals surface area contributed by atoms with Crippen LogP contribution >= 0.6 is 0 Å². The summed E-state index contributed by atoms with van der Waals surface area (Å²) in [5.41, 5.74) is 8.42. The van der Waals surface area contributed by atoms with Crippen molar-refractivity contribution >= 4 is 17.6 Å². The number of anilines is 1. The van der Waals surface area contributed by atoms with Crippen molar-refractivity contribution < 1.29 is 14.3 Å². The zero-order valence-corrected chi connectivity index (χ0v) is 17.1. The largest absolute Gasteiger partial charge is 0.497 e. The second-order valence-electron chi connectivity index (χ2n) is 7.22. The summed E-state index contributed by atoms with van der Waals surface area (Å²) in [7, 11) is 1.62. The van der Waals surface area contributed by atoms with E-state index in [2.05, 4.69) is 10.3 Å². The minimum absolute atomic E-state index is 0.0289. The highest BCUT2D eigenvalue weighted by molar-refractivity contribution is 5.94. The molecule has 154 valence electrons. The molecule has 0 spiro atoms. The second-order valence-corrected chi connectivity index (χ2v) is 7.22. The van der Waals surface area contributed by atoms with Gasteiger partial charge in [-0.2, -0.15) is 0 Å². The van der Waals surface area contributed by atoms with Crippen LogP contribution in [-0.4, -0.2) is 49.2 Å². The number of aliphatic imine (C=N–C) groups is 1. The molecule has 3 rings (SSSR count). The number of nitrogens with one attached hydrogen (secondary N) is 1. The molecule has 1 aliphatic rings. The van der Waals surface area contributed by atoms with Gasteiger partial charge in [0, 0.05) is 30.4 Å². The Morgan fingerprint density at radius 1 is 1.21 bits per heavy atom. The van der Waals surface area contributed by atoms with E-state index in [0.29, 0.717) is 31.2 Å². The highest BCUT2D eigenvalue weighted by Gasteiger charge is 2.26. The summed E-state index contributed by atoms with van der Waals surface area (Å²) in [6.07, 6.45) is 0.104. The lowest BCUT2D eigenvalue weighted by Gasteiger charge is -2.35. The molecule has 1 heterocycles. The van der Waals surface area contributed by atoms with Crippen LogP contribution in [0.25, 0.3) is 0 Å². The molecule has 1 fully saturated rings. The molecular weight excluding hydrogens is 368 g/mol. The molecule has 29 heavy (non-hydrogen) atoms. The molecule has 0 aromatic heterocycles. The number of ether oxygens (including phenoxy) is 2. The minimum Gasteiger partial charge on any atom is -0.497 e. The number of hydrogen-bond donors (Lipinski definition) is 2. The van der Waals surface area contributed by atoms with Gasteiger partial charge in [0.1, 0.15) is 5.75 Å². The lowest BCUT2D eigenvalue weighted by Crippen LogP contribution is -2.48. The molecule has 2 aromatic rings. The van der Waals surface area contributed by atoms with Gasteiger partial charge in [-0.25, -0.2) is 4.99 Å². The fourth-order valence-electron chi connectivity index (χ4n) is 3.34. The third kappa shape index (κ3) is 5.71. The van der Waals surface area contributed by atoms with Crippen LogP contribution in [0.1, 0.15) is 29.8 Å². The maximum absolute atomic E-state index is 12.7. The third-order valence-corrected chi connectivity index (χ3v) is 4.68. The molecule has 2 unspecified atom stereocenters. The van der Waals surface area contributed by atoms with Crippen LogP contribution in [0.5, 0.6) is 5.75 Å².